The van der Waals surface area contributed by atoms with Gasteiger partial charge in [0.05, 0.1) is 75.2 Å². The maximum Gasteiger partial charge on any atom is 0.311 e. The van der Waals surface area contributed by atoms with Gasteiger partial charge in [-0.15, -0.1) is 6.58 Å². The van der Waals surface area contributed by atoms with E-state index in [0.29, 0.717) is 12.8 Å². The summed E-state index contributed by atoms with van der Waals surface area (Å²) < 4.78 is 103. The van der Waals surface area contributed by atoms with Crippen molar-refractivity contribution in [1.82, 2.24) is 0 Å². The van der Waals surface area contributed by atoms with Crippen LogP contribution in [-0.2, 0) is 130 Å². The van der Waals surface area contributed by atoms with E-state index in [4.69, 9.17) is 71.1 Å². The normalized spacial score (nSPS) is 25.4. The summed E-state index contributed by atoms with van der Waals surface area (Å²) in [6.45, 7) is 20.6. The molecule has 0 bridgehead atoms. The SMILES string of the molecule is C=CCCCC[C@@H]1OC(CO[C@@H]2OC(CO[C@@H]3OC(COC(C)=O)[C@@H](OCc4ccccc4)[C@@H](OCc4ccccc4)C3OC(=O)C(C)(C)C)[C@@H](OCc3ccccc3)[C@@H](OCc3ccccc3)C2OC(=O)C(C)(C)C)[C@@H](OCc2ccccc2)[C@@H](OCc2ccccc2)C1OC(=O)C(C)(C)C. The number of carbonyl (C=O) groups excluding carboxylic acids is 4. The highest BCUT2D eigenvalue weighted by Gasteiger charge is 2.56. The molecule has 550 valence electrons. The van der Waals surface area contributed by atoms with Crippen LogP contribution in [0.3, 0.4) is 0 Å². The second kappa shape index (κ2) is 38.3. The van der Waals surface area contributed by atoms with Crippen LogP contribution in [0.25, 0.3) is 0 Å². The fraction of sp³-hybridized carbons (Fsp3) is 0.494. The average molecular weight is 1410 g/mol. The van der Waals surface area contributed by atoms with Gasteiger partial charge in [0.2, 0.25) is 0 Å². The summed E-state index contributed by atoms with van der Waals surface area (Å²) in [7, 11) is 0. The Labute approximate surface area is 602 Å². The van der Waals surface area contributed by atoms with Crippen LogP contribution in [0.2, 0.25) is 0 Å². The van der Waals surface area contributed by atoms with Crippen LogP contribution in [-0.4, -0.2) is 136 Å². The highest BCUT2D eigenvalue weighted by molar-refractivity contribution is 5.76. The predicted molar refractivity (Wildman–Crippen MR) is 381 cm³/mol. The van der Waals surface area contributed by atoms with Crippen molar-refractivity contribution in [2.24, 2.45) is 16.2 Å². The number of esters is 4. The molecule has 9 rings (SSSR count). The van der Waals surface area contributed by atoms with E-state index < -0.39 is 132 Å². The lowest BCUT2D eigenvalue weighted by atomic mass is 9.90. The lowest BCUT2D eigenvalue weighted by molar-refractivity contribution is -0.351. The topological polar surface area (TPSA) is 207 Å². The Morgan fingerprint density at radius 3 is 0.912 bits per heavy atom. The minimum absolute atomic E-state index is 0.0174. The van der Waals surface area contributed by atoms with Crippen LogP contribution in [0.4, 0.5) is 0 Å². The van der Waals surface area contributed by atoms with Crippen molar-refractivity contribution in [2.75, 3.05) is 19.8 Å². The molecule has 0 saturated carbocycles. The number of allylic oxidation sites excluding steroid dienone is 1. The Hall–Kier alpha value is -7.50. The fourth-order valence-electron chi connectivity index (χ4n) is 11.9. The van der Waals surface area contributed by atoms with Crippen molar-refractivity contribution in [3.8, 4) is 0 Å². The molecule has 0 radical (unpaired) electrons. The molecule has 19 heteroatoms. The molecule has 3 aliphatic rings. The number of rotatable bonds is 34. The average Bonchev–Trinajstić information content (AvgIpc) is 0.786. The van der Waals surface area contributed by atoms with E-state index in [1.165, 1.54) is 6.92 Å². The summed E-state index contributed by atoms with van der Waals surface area (Å²) in [5, 5.41) is 0. The van der Waals surface area contributed by atoms with Gasteiger partial charge in [0.15, 0.2) is 30.9 Å². The summed E-state index contributed by atoms with van der Waals surface area (Å²) in [4.78, 5) is 56.4. The molecular formula is C83H104O19. The monoisotopic (exact) mass is 1400 g/mol. The Balaban J connectivity index is 1.15. The number of carbonyl (C=O) groups is 4. The fourth-order valence-corrected chi connectivity index (χ4v) is 11.9. The van der Waals surface area contributed by atoms with Crippen LogP contribution in [0.15, 0.2) is 195 Å². The zero-order chi connectivity index (χ0) is 72.7. The van der Waals surface area contributed by atoms with E-state index >= 15 is 0 Å². The molecule has 3 fully saturated rings. The summed E-state index contributed by atoms with van der Waals surface area (Å²) in [6.07, 6.45) is -12.4. The zero-order valence-corrected chi connectivity index (χ0v) is 60.7. The molecule has 3 saturated heterocycles. The maximum absolute atomic E-state index is 14.8. The third-order valence-corrected chi connectivity index (χ3v) is 17.6. The number of hydrogen-bond acceptors (Lipinski definition) is 19. The van der Waals surface area contributed by atoms with Gasteiger partial charge in [-0.25, -0.2) is 0 Å². The number of benzene rings is 6. The van der Waals surface area contributed by atoms with Crippen LogP contribution in [0, 0.1) is 16.2 Å². The van der Waals surface area contributed by atoms with Gasteiger partial charge >= 0.3 is 23.9 Å². The largest absolute Gasteiger partial charge is 0.463 e. The van der Waals surface area contributed by atoms with Crippen LogP contribution >= 0.6 is 0 Å². The number of ether oxygens (including phenoxy) is 15. The molecule has 0 aromatic heterocycles. The lowest BCUT2D eigenvalue weighted by Crippen LogP contribution is -2.65. The summed E-state index contributed by atoms with van der Waals surface area (Å²) in [5.74, 6) is -2.20. The van der Waals surface area contributed by atoms with Crippen molar-refractivity contribution >= 4 is 23.9 Å². The van der Waals surface area contributed by atoms with Crippen molar-refractivity contribution in [3.63, 3.8) is 0 Å². The first-order chi connectivity index (χ1) is 49.0. The molecule has 0 spiro atoms. The van der Waals surface area contributed by atoms with Crippen LogP contribution < -0.4 is 0 Å². The van der Waals surface area contributed by atoms with Crippen LogP contribution in [0.5, 0.6) is 0 Å². The summed E-state index contributed by atoms with van der Waals surface area (Å²) >= 11 is 0. The van der Waals surface area contributed by atoms with Crippen molar-refractivity contribution in [2.45, 2.75) is 226 Å². The van der Waals surface area contributed by atoms with Gasteiger partial charge in [0, 0.05) is 6.92 Å². The Kier molecular flexibility index (Phi) is 29.5. The lowest BCUT2D eigenvalue weighted by Gasteiger charge is -2.49. The molecule has 0 N–H and O–H groups in total. The minimum atomic E-state index is -1.48. The van der Waals surface area contributed by atoms with E-state index in [9.17, 15) is 19.2 Å². The van der Waals surface area contributed by atoms with Gasteiger partial charge in [0.25, 0.3) is 0 Å². The molecule has 0 aliphatic carbocycles. The van der Waals surface area contributed by atoms with Crippen LogP contribution in [0.1, 0.15) is 128 Å². The van der Waals surface area contributed by atoms with E-state index in [2.05, 4.69) is 6.58 Å². The van der Waals surface area contributed by atoms with Gasteiger partial charge in [-0.2, -0.15) is 0 Å². The molecule has 19 nitrogen and oxygen atoms in total. The highest BCUT2D eigenvalue weighted by Crippen LogP contribution is 2.39. The predicted octanol–water partition coefficient (Wildman–Crippen LogP) is 13.9. The van der Waals surface area contributed by atoms with E-state index in [-0.39, 0.29) is 59.5 Å². The van der Waals surface area contributed by atoms with Gasteiger partial charge in [-0.1, -0.05) is 194 Å². The Morgan fingerprint density at radius 2 is 0.618 bits per heavy atom. The third kappa shape index (κ3) is 23.5. The Morgan fingerprint density at radius 1 is 0.343 bits per heavy atom. The second-order valence-corrected chi connectivity index (χ2v) is 29.3. The van der Waals surface area contributed by atoms with Crippen molar-refractivity contribution < 1.29 is 90.2 Å². The first-order valence-corrected chi connectivity index (χ1v) is 35.5. The smallest absolute Gasteiger partial charge is 0.311 e. The summed E-state index contributed by atoms with van der Waals surface area (Å²) in [5.41, 5.74) is 2.01. The van der Waals surface area contributed by atoms with E-state index in [1.54, 1.807) is 62.3 Å². The molecule has 6 aromatic rings. The molecule has 6 unspecified atom stereocenters. The van der Waals surface area contributed by atoms with Gasteiger partial charge in [-0.05, 0) is 115 Å². The third-order valence-electron chi connectivity index (χ3n) is 17.6. The van der Waals surface area contributed by atoms with Crippen molar-refractivity contribution in [3.05, 3.63) is 228 Å². The first-order valence-electron chi connectivity index (χ1n) is 35.5. The molecule has 6 aromatic carbocycles. The molecule has 102 heavy (non-hydrogen) atoms. The molecule has 15 atom stereocenters. The zero-order valence-electron chi connectivity index (χ0n) is 60.7. The standard InChI is InChI=1S/C83H104O19/c1-12-13-14-33-46-63-70(100-78(85)81(3,4)5)71(92-50-60-40-27-18-28-41-60)67(89-47-57-34-21-15-22-35-57)64(97-63)54-95-76-75(102-80(87)83(9,10)11)73(94-52-62-44-31-20-32-45-62)69(91-49-59-38-25-17-26-39-59)66(99-76)55-96-77-74(101-79(86)82(6,7)8)72(93-51-61-42-29-19-30-43-61)68(65(98-77)53-88-56(2)84)90-48-58-36-23-16-24-37-58/h12,15-32,34-45,63-77H,1,13-14,33,46-55H2,2-11H3/t63-,64?,65?,66?,67+,68+,69+,70?,71+,72+,73+,74?,75?,76+,77+/m0/s1. The van der Waals surface area contributed by atoms with E-state index in [0.717, 1.165) is 46.2 Å². The molecule has 3 heterocycles. The van der Waals surface area contributed by atoms with Crippen molar-refractivity contribution in [1.29, 1.82) is 0 Å². The van der Waals surface area contributed by atoms with E-state index in [1.807, 2.05) is 188 Å². The number of hydrogen-bond donors (Lipinski definition) is 0. The molecule has 0 amide bonds. The van der Waals surface area contributed by atoms with Gasteiger partial charge < -0.3 is 71.1 Å². The maximum atomic E-state index is 14.8. The molecule has 3 aliphatic heterocycles. The summed E-state index contributed by atoms with van der Waals surface area (Å²) in [6, 6.07) is 57.6. The minimum Gasteiger partial charge on any atom is -0.463 e. The second-order valence-electron chi connectivity index (χ2n) is 29.3. The Bertz CT molecular complexity index is 3470. The van der Waals surface area contributed by atoms with Gasteiger partial charge in [-0.3, -0.25) is 19.2 Å². The highest BCUT2D eigenvalue weighted by atomic mass is 16.8. The van der Waals surface area contributed by atoms with Gasteiger partial charge in [0.1, 0.15) is 61.5 Å². The molecular weight excluding hydrogens is 1300 g/mol. The quantitative estimate of drug-likeness (QED) is 0.0159. The number of unbranched alkanes of at least 4 members (excludes halogenated alkanes) is 2. The first kappa shape index (κ1) is 78.6.